The van der Waals surface area contributed by atoms with Gasteiger partial charge in [0.1, 0.15) is 10.7 Å². The number of sulfonamides is 1. The second-order valence-electron chi connectivity index (χ2n) is 3.91. The van der Waals surface area contributed by atoms with E-state index < -0.39 is 15.8 Å². The molecule has 2 aromatic rings. The molecule has 0 saturated heterocycles. The molecule has 0 aliphatic heterocycles. The first-order chi connectivity index (χ1) is 9.29. The zero-order chi connectivity index (χ0) is 14.9. The molecule has 3 N–H and O–H groups in total. The Kier molecular flexibility index (Phi) is 4.22. The lowest BCUT2D eigenvalue weighted by molar-refractivity contribution is 0.600. The van der Waals surface area contributed by atoms with Crippen LogP contribution in [0.1, 0.15) is 0 Å². The van der Waals surface area contributed by atoms with Crippen molar-refractivity contribution in [3.63, 3.8) is 0 Å². The molecule has 0 fully saturated rings. The molecule has 106 valence electrons. The van der Waals surface area contributed by atoms with E-state index in [1.54, 1.807) is 12.1 Å². The molecule has 0 aliphatic rings. The fourth-order valence-corrected chi connectivity index (χ4v) is 3.37. The average molecular weight is 380 g/mol. The lowest BCUT2D eigenvalue weighted by Gasteiger charge is -2.11. The Morgan fingerprint density at radius 2 is 1.90 bits per heavy atom. The smallest absolute Gasteiger partial charge is 0.263 e. The van der Waals surface area contributed by atoms with Crippen LogP contribution in [0.4, 0.5) is 15.8 Å². The molecule has 0 amide bonds. The van der Waals surface area contributed by atoms with Crippen molar-refractivity contribution >= 4 is 48.9 Å². The molecular formula is C12H9BrClFN2O2S. The molecule has 0 atom stereocenters. The summed E-state index contributed by atoms with van der Waals surface area (Å²) in [5.41, 5.74) is 5.63. The molecule has 2 aromatic carbocycles. The first kappa shape index (κ1) is 15.1. The van der Waals surface area contributed by atoms with Gasteiger partial charge >= 0.3 is 0 Å². The lowest BCUT2D eigenvalue weighted by Crippen LogP contribution is -2.15. The van der Waals surface area contributed by atoms with Gasteiger partial charge in [-0.2, -0.15) is 0 Å². The van der Waals surface area contributed by atoms with Gasteiger partial charge in [-0.15, -0.1) is 0 Å². The topological polar surface area (TPSA) is 72.2 Å². The highest BCUT2D eigenvalue weighted by atomic mass is 79.9. The molecule has 0 unspecified atom stereocenters. The van der Waals surface area contributed by atoms with Gasteiger partial charge < -0.3 is 5.73 Å². The minimum atomic E-state index is -3.93. The Balaban J connectivity index is 2.43. The third-order valence-electron chi connectivity index (χ3n) is 2.43. The first-order valence-corrected chi connectivity index (χ1v) is 7.98. The van der Waals surface area contributed by atoms with Gasteiger partial charge in [-0.05, 0) is 52.3 Å². The molecular weight excluding hydrogens is 371 g/mol. The monoisotopic (exact) mass is 378 g/mol. The van der Waals surface area contributed by atoms with Crippen molar-refractivity contribution in [1.82, 2.24) is 0 Å². The number of anilines is 2. The van der Waals surface area contributed by atoms with Gasteiger partial charge in [-0.3, -0.25) is 4.72 Å². The predicted molar refractivity (Wildman–Crippen MR) is 80.8 cm³/mol. The second kappa shape index (κ2) is 5.59. The predicted octanol–water partition coefficient (Wildman–Crippen LogP) is 3.62. The van der Waals surface area contributed by atoms with E-state index in [0.717, 1.165) is 18.2 Å². The molecule has 0 spiro atoms. The molecule has 4 nitrogen and oxygen atoms in total. The quantitative estimate of drug-likeness (QED) is 0.800. The Hall–Kier alpha value is -1.31. The Bertz CT molecular complexity index is 768. The summed E-state index contributed by atoms with van der Waals surface area (Å²) in [7, 11) is -3.93. The largest absolute Gasteiger partial charge is 0.398 e. The van der Waals surface area contributed by atoms with Crippen molar-refractivity contribution in [2.24, 2.45) is 0 Å². The van der Waals surface area contributed by atoms with Crippen molar-refractivity contribution < 1.29 is 12.8 Å². The van der Waals surface area contributed by atoms with Crippen LogP contribution in [-0.4, -0.2) is 8.42 Å². The normalized spacial score (nSPS) is 11.3. The SMILES string of the molecule is Nc1cc(F)ccc1S(=O)(=O)Nc1cc(Cl)ccc1Br. The number of nitrogens with one attached hydrogen (secondary N) is 1. The van der Waals surface area contributed by atoms with Crippen molar-refractivity contribution in [3.05, 3.63) is 51.7 Å². The fourth-order valence-electron chi connectivity index (χ4n) is 1.54. The zero-order valence-corrected chi connectivity index (χ0v) is 13.1. The summed E-state index contributed by atoms with van der Waals surface area (Å²) < 4.78 is 40.3. The minimum Gasteiger partial charge on any atom is -0.398 e. The highest BCUT2D eigenvalue weighted by Gasteiger charge is 2.19. The zero-order valence-electron chi connectivity index (χ0n) is 9.90. The van der Waals surface area contributed by atoms with E-state index in [-0.39, 0.29) is 16.3 Å². The summed E-state index contributed by atoms with van der Waals surface area (Å²) >= 11 is 9.02. The van der Waals surface area contributed by atoms with E-state index in [4.69, 9.17) is 17.3 Å². The van der Waals surface area contributed by atoms with Crippen LogP contribution >= 0.6 is 27.5 Å². The number of nitrogen functional groups attached to an aromatic ring is 1. The molecule has 0 aromatic heterocycles. The van der Waals surface area contributed by atoms with Crippen LogP contribution in [0.15, 0.2) is 45.8 Å². The van der Waals surface area contributed by atoms with Crippen molar-refractivity contribution in [3.8, 4) is 0 Å². The van der Waals surface area contributed by atoms with Crippen LogP contribution in [0.2, 0.25) is 5.02 Å². The second-order valence-corrected chi connectivity index (χ2v) is 6.85. The summed E-state index contributed by atoms with van der Waals surface area (Å²) in [6.45, 7) is 0. The summed E-state index contributed by atoms with van der Waals surface area (Å²) in [5, 5.41) is 0.373. The summed E-state index contributed by atoms with van der Waals surface area (Å²) in [4.78, 5) is -0.203. The van der Waals surface area contributed by atoms with Crippen LogP contribution in [0.3, 0.4) is 0 Å². The van der Waals surface area contributed by atoms with E-state index in [9.17, 15) is 12.8 Å². The highest BCUT2D eigenvalue weighted by Crippen LogP contribution is 2.29. The molecule has 0 saturated carbocycles. The van der Waals surface area contributed by atoms with Gasteiger partial charge in [-0.25, -0.2) is 12.8 Å². The van der Waals surface area contributed by atoms with Crippen molar-refractivity contribution in [2.45, 2.75) is 4.90 Å². The fraction of sp³-hybridized carbons (Fsp3) is 0. The maximum atomic E-state index is 13.0. The van der Waals surface area contributed by atoms with E-state index in [2.05, 4.69) is 20.7 Å². The van der Waals surface area contributed by atoms with Gasteiger partial charge in [0.25, 0.3) is 10.0 Å². The van der Waals surface area contributed by atoms with E-state index >= 15 is 0 Å². The van der Waals surface area contributed by atoms with Crippen LogP contribution in [-0.2, 0) is 10.0 Å². The number of halogens is 3. The summed E-state index contributed by atoms with van der Waals surface area (Å²) in [6.07, 6.45) is 0. The molecule has 0 heterocycles. The molecule has 8 heteroatoms. The molecule has 0 radical (unpaired) electrons. The maximum absolute atomic E-state index is 13.0. The van der Waals surface area contributed by atoms with Gasteiger partial charge in [0.05, 0.1) is 11.4 Å². The van der Waals surface area contributed by atoms with Gasteiger partial charge in [0, 0.05) is 9.50 Å². The lowest BCUT2D eigenvalue weighted by atomic mass is 10.3. The highest BCUT2D eigenvalue weighted by molar-refractivity contribution is 9.10. The van der Waals surface area contributed by atoms with Gasteiger partial charge in [0.2, 0.25) is 0 Å². The maximum Gasteiger partial charge on any atom is 0.263 e. The number of nitrogens with two attached hydrogens (primary N) is 1. The summed E-state index contributed by atoms with van der Waals surface area (Å²) in [6, 6.07) is 7.73. The minimum absolute atomic E-state index is 0.171. The van der Waals surface area contributed by atoms with Crippen LogP contribution in [0, 0.1) is 5.82 Å². The van der Waals surface area contributed by atoms with Crippen molar-refractivity contribution in [2.75, 3.05) is 10.5 Å². The van der Waals surface area contributed by atoms with Crippen LogP contribution in [0.5, 0.6) is 0 Å². The number of rotatable bonds is 3. The van der Waals surface area contributed by atoms with Crippen LogP contribution in [0.25, 0.3) is 0 Å². The van der Waals surface area contributed by atoms with E-state index in [1.165, 1.54) is 6.07 Å². The average Bonchev–Trinajstić information content (AvgIpc) is 2.33. The number of hydrogen-bond acceptors (Lipinski definition) is 3. The standard InChI is InChI=1S/C12H9BrClFN2O2S/c13-9-3-1-7(14)5-11(9)17-20(18,19)12-4-2-8(15)6-10(12)16/h1-6,17H,16H2. The third-order valence-corrected chi connectivity index (χ3v) is 4.80. The first-order valence-electron chi connectivity index (χ1n) is 5.32. The molecule has 0 aliphatic carbocycles. The Labute approximate surface area is 128 Å². The molecule has 20 heavy (non-hydrogen) atoms. The third kappa shape index (κ3) is 3.23. The summed E-state index contributed by atoms with van der Waals surface area (Å²) in [5.74, 6) is -0.606. The van der Waals surface area contributed by atoms with E-state index in [0.29, 0.717) is 9.50 Å². The van der Waals surface area contributed by atoms with Gasteiger partial charge in [-0.1, -0.05) is 11.6 Å². The van der Waals surface area contributed by atoms with Crippen molar-refractivity contribution in [1.29, 1.82) is 0 Å². The molecule has 2 rings (SSSR count). The Morgan fingerprint density at radius 1 is 1.20 bits per heavy atom. The van der Waals surface area contributed by atoms with E-state index in [1.807, 2.05) is 0 Å². The Morgan fingerprint density at radius 3 is 2.55 bits per heavy atom. The number of benzene rings is 2. The molecule has 0 bridgehead atoms. The van der Waals surface area contributed by atoms with Gasteiger partial charge in [0.15, 0.2) is 0 Å². The van der Waals surface area contributed by atoms with Crippen LogP contribution < -0.4 is 10.5 Å². The number of hydrogen-bond donors (Lipinski definition) is 2.